The molecule has 1 atom stereocenters. The van der Waals surface area contributed by atoms with Gasteiger partial charge < -0.3 is 11.1 Å². The molecule has 2 aromatic carbocycles. The van der Waals surface area contributed by atoms with Crippen LogP contribution in [0.4, 0.5) is 10.1 Å². The number of halogens is 1. The Balaban J connectivity index is 2.27. The number of thiocarbonyl (C=S) groups is 1. The summed E-state index contributed by atoms with van der Waals surface area (Å²) in [7, 11) is 0. The lowest BCUT2D eigenvalue weighted by molar-refractivity contribution is 0.626. The van der Waals surface area contributed by atoms with Gasteiger partial charge in [0.2, 0.25) is 0 Å². The highest BCUT2D eigenvalue weighted by atomic mass is 32.1. The Morgan fingerprint density at radius 3 is 2.45 bits per heavy atom. The van der Waals surface area contributed by atoms with Crippen molar-refractivity contribution in [2.75, 3.05) is 5.32 Å². The van der Waals surface area contributed by atoms with Crippen molar-refractivity contribution in [2.24, 2.45) is 5.73 Å². The van der Waals surface area contributed by atoms with Gasteiger partial charge in [0.1, 0.15) is 10.8 Å². The number of nitrogens with one attached hydrogen (secondary N) is 1. The molecule has 0 aliphatic carbocycles. The fourth-order valence-electron chi connectivity index (χ4n) is 2.06. The van der Waals surface area contributed by atoms with Gasteiger partial charge in [0.25, 0.3) is 0 Å². The van der Waals surface area contributed by atoms with Crippen LogP contribution in [0.15, 0.2) is 42.5 Å². The summed E-state index contributed by atoms with van der Waals surface area (Å²) < 4.78 is 12.9. The number of anilines is 1. The number of benzene rings is 2. The molecule has 2 aromatic rings. The van der Waals surface area contributed by atoms with Crippen LogP contribution in [0.1, 0.15) is 29.7 Å². The molecule has 20 heavy (non-hydrogen) atoms. The summed E-state index contributed by atoms with van der Waals surface area (Å²) in [6.45, 7) is 4.02. The van der Waals surface area contributed by atoms with Gasteiger partial charge in [0, 0.05) is 17.3 Å². The van der Waals surface area contributed by atoms with Gasteiger partial charge in [-0.2, -0.15) is 0 Å². The van der Waals surface area contributed by atoms with Gasteiger partial charge >= 0.3 is 0 Å². The Morgan fingerprint density at radius 2 is 1.85 bits per heavy atom. The zero-order chi connectivity index (χ0) is 14.7. The zero-order valence-corrected chi connectivity index (χ0v) is 12.3. The molecule has 0 bridgehead atoms. The number of hydrogen-bond donors (Lipinski definition) is 2. The number of nitrogens with two attached hydrogens (primary N) is 1. The van der Waals surface area contributed by atoms with Crippen molar-refractivity contribution in [1.29, 1.82) is 0 Å². The second-order valence-corrected chi connectivity index (χ2v) is 5.27. The second kappa shape index (κ2) is 6.01. The van der Waals surface area contributed by atoms with Gasteiger partial charge in [-0.15, -0.1) is 0 Å². The maximum atomic E-state index is 12.9. The molecule has 0 fully saturated rings. The molecule has 0 saturated carbocycles. The Kier molecular flexibility index (Phi) is 4.35. The monoisotopic (exact) mass is 288 g/mol. The first-order valence-corrected chi connectivity index (χ1v) is 6.80. The molecule has 2 nitrogen and oxygen atoms in total. The molecule has 4 heteroatoms. The molecule has 0 aromatic heterocycles. The van der Waals surface area contributed by atoms with E-state index in [0.717, 1.165) is 22.4 Å². The van der Waals surface area contributed by atoms with Crippen LogP contribution in [0.2, 0.25) is 0 Å². The molecule has 0 aliphatic rings. The van der Waals surface area contributed by atoms with Crippen LogP contribution >= 0.6 is 12.2 Å². The van der Waals surface area contributed by atoms with E-state index in [1.54, 1.807) is 12.1 Å². The fourth-order valence-corrected chi connectivity index (χ4v) is 2.24. The van der Waals surface area contributed by atoms with Crippen molar-refractivity contribution in [1.82, 2.24) is 0 Å². The molecule has 0 heterocycles. The molecule has 3 N–H and O–H groups in total. The minimum atomic E-state index is -0.236. The van der Waals surface area contributed by atoms with Gasteiger partial charge in [0.15, 0.2) is 0 Å². The minimum absolute atomic E-state index is 0.0329. The summed E-state index contributed by atoms with van der Waals surface area (Å²) in [4.78, 5) is 0.360. The van der Waals surface area contributed by atoms with Crippen LogP contribution in [-0.2, 0) is 0 Å². The second-order valence-electron chi connectivity index (χ2n) is 4.83. The van der Waals surface area contributed by atoms with Crippen LogP contribution in [0.5, 0.6) is 0 Å². The molecule has 1 unspecified atom stereocenters. The van der Waals surface area contributed by atoms with Crippen molar-refractivity contribution < 1.29 is 4.39 Å². The van der Waals surface area contributed by atoms with Crippen LogP contribution in [-0.4, -0.2) is 4.99 Å². The van der Waals surface area contributed by atoms with Crippen molar-refractivity contribution in [3.63, 3.8) is 0 Å². The Hall–Kier alpha value is -1.94. The molecule has 104 valence electrons. The van der Waals surface area contributed by atoms with Crippen molar-refractivity contribution in [3.05, 3.63) is 65.0 Å². The lowest BCUT2D eigenvalue weighted by Gasteiger charge is -2.18. The molecule has 0 saturated heterocycles. The highest BCUT2D eigenvalue weighted by molar-refractivity contribution is 7.80. The first kappa shape index (κ1) is 14.5. The third-order valence-corrected chi connectivity index (χ3v) is 3.40. The first-order chi connectivity index (χ1) is 9.47. The average Bonchev–Trinajstić information content (AvgIpc) is 2.39. The minimum Gasteiger partial charge on any atom is -0.389 e. The van der Waals surface area contributed by atoms with Crippen molar-refractivity contribution >= 4 is 22.9 Å². The molecular weight excluding hydrogens is 271 g/mol. The normalized spacial score (nSPS) is 11.9. The summed E-state index contributed by atoms with van der Waals surface area (Å²) in [5.41, 5.74) is 9.58. The van der Waals surface area contributed by atoms with Gasteiger partial charge in [-0.1, -0.05) is 30.4 Å². The van der Waals surface area contributed by atoms with Gasteiger partial charge in [0.05, 0.1) is 0 Å². The SMILES string of the molecule is Cc1ccc(C(N)=S)c(NC(C)c2ccc(F)cc2)c1. The zero-order valence-electron chi connectivity index (χ0n) is 11.5. The maximum Gasteiger partial charge on any atom is 0.123 e. The molecule has 0 spiro atoms. The molecule has 0 amide bonds. The summed E-state index contributed by atoms with van der Waals surface area (Å²) in [5, 5.41) is 3.38. The molecule has 0 aliphatic heterocycles. The Labute approximate surface area is 123 Å². The summed E-state index contributed by atoms with van der Waals surface area (Å²) in [6, 6.07) is 12.4. The summed E-state index contributed by atoms with van der Waals surface area (Å²) in [5.74, 6) is -0.236. The standard InChI is InChI=1S/C16H17FN2S/c1-10-3-8-14(16(18)20)15(9-10)19-11(2)12-4-6-13(17)7-5-12/h3-9,11,19H,1-2H3,(H2,18,20). The van der Waals surface area contributed by atoms with Crippen LogP contribution in [0, 0.1) is 12.7 Å². The van der Waals surface area contributed by atoms with E-state index in [4.69, 9.17) is 18.0 Å². The van der Waals surface area contributed by atoms with Crippen LogP contribution in [0.25, 0.3) is 0 Å². The predicted octanol–water partition coefficient (Wildman–Crippen LogP) is 3.94. The van der Waals surface area contributed by atoms with Crippen LogP contribution in [0.3, 0.4) is 0 Å². The van der Waals surface area contributed by atoms with Gasteiger partial charge in [-0.3, -0.25) is 0 Å². The third-order valence-electron chi connectivity index (χ3n) is 3.18. The lowest BCUT2D eigenvalue weighted by Crippen LogP contribution is -2.15. The van der Waals surface area contributed by atoms with E-state index in [-0.39, 0.29) is 11.9 Å². The smallest absolute Gasteiger partial charge is 0.123 e. The van der Waals surface area contributed by atoms with Crippen molar-refractivity contribution in [3.8, 4) is 0 Å². The largest absolute Gasteiger partial charge is 0.389 e. The van der Waals surface area contributed by atoms with E-state index < -0.39 is 0 Å². The quantitative estimate of drug-likeness (QED) is 0.837. The Bertz CT molecular complexity index is 623. The average molecular weight is 288 g/mol. The lowest BCUT2D eigenvalue weighted by atomic mass is 10.1. The van der Waals surface area contributed by atoms with E-state index in [1.165, 1.54) is 12.1 Å². The fraction of sp³-hybridized carbons (Fsp3) is 0.188. The van der Waals surface area contributed by atoms with E-state index >= 15 is 0 Å². The van der Waals surface area contributed by atoms with Gasteiger partial charge in [-0.25, -0.2) is 4.39 Å². The van der Waals surface area contributed by atoms with E-state index in [9.17, 15) is 4.39 Å². The number of rotatable bonds is 4. The molecule has 2 rings (SSSR count). The van der Waals surface area contributed by atoms with Crippen molar-refractivity contribution in [2.45, 2.75) is 19.9 Å². The summed E-state index contributed by atoms with van der Waals surface area (Å²) >= 11 is 5.07. The van der Waals surface area contributed by atoms with E-state index in [1.807, 2.05) is 32.0 Å². The number of hydrogen-bond acceptors (Lipinski definition) is 2. The van der Waals surface area contributed by atoms with E-state index in [0.29, 0.717) is 4.99 Å². The molecule has 0 radical (unpaired) electrons. The topological polar surface area (TPSA) is 38.0 Å². The highest BCUT2D eigenvalue weighted by Gasteiger charge is 2.10. The highest BCUT2D eigenvalue weighted by Crippen LogP contribution is 2.24. The Morgan fingerprint density at radius 1 is 1.20 bits per heavy atom. The van der Waals surface area contributed by atoms with Gasteiger partial charge in [-0.05, 0) is 49.2 Å². The predicted molar refractivity (Wildman–Crippen MR) is 85.5 cm³/mol. The van der Waals surface area contributed by atoms with Crippen LogP contribution < -0.4 is 11.1 Å². The third kappa shape index (κ3) is 3.33. The number of aryl methyl sites for hydroxylation is 1. The first-order valence-electron chi connectivity index (χ1n) is 6.40. The summed E-state index contributed by atoms with van der Waals surface area (Å²) in [6.07, 6.45) is 0. The maximum absolute atomic E-state index is 12.9. The van der Waals surface area contributed by atoms with E-state index in [2.05, 4.69) is 5.32 Å². The molecular formula is C16H17FN2S.